The van der Waals surface area contributed by atoms with E-state index < -0.39 is 0 Å². The third-order valence-corrected chi connectivity index (χ3v) is 6.06. The molecule has 0 saturated carbocycles. The molecule has 0 fully saturated rings. The number of rotatable bonds is 1. The average molecular weight is 384 g/mol. The molecule has 0 saturated heterocycles. The molecule has 0 bridgehead atoms. The molecule has 3 heteroatoms. The van der Waals surface area contributed by atoms with E-state index in [0.29, 0.717) is 0 Å². The fourth-order valence-corrected chi connectivity index (χ4v) is 4.72. The summed E-state index contributed by atoms with van der Waals surface area (Å²) in [6, 6.07) is 29.8. The zero-order valence-electron chi connectivity index (χ0n) is 16.0. The highest BCUT2D eigenvalue weighted by molar-refractivity contribution is 6.23. The zero-order valence-corrected chi connectivity index (χ0v) is 16.0. The molecule has 0 unspecified atom stereocenters. The number of fused-ring (bicyclic) bond motifs is 8. The molecule has 30 heavy (non-hydrogen) atoms. The molecule has 3 heterocycles. The number of benzene rings is 4. The van der Waals surface area contributed by atoms with Crippen molar-refractivity contribution in [3.8, 4) is 5.69 Å². The van der Waals surface area contributed by atoms with E-state index in [2.05, 4.69) is 82.3 Å². The van der Waals surface area contributed by atoms with Crippen molar-refractivity contribution >= 4 is 54.5 Å². The van der Waals surface area contributed by atoms with Crippen LogP contribution in [-0.4, -0.2) is 9.55 Å². The van der Waals surface area contributed by atoms with E-state index in [1.54, 1.807) is 0 Å². The molecule has 0 amide bonds. The first-order valence-electron chi connectivity index (χ1n) is 10.1. The van der Waals surface area contributed by atoms with E-state index in [1.165, 1.54) is 16.3 Å². The highest BCUT2D eigenvalue weighted by atomic mass is 16.3. The third-order valence-electron chi connectivity index (χ3n) is 6.06. The van der Waals surface area contributed by atoms with Crippen LogP contribution < -0.4 is 0 Å². The number of aromatic nitrogens is 2. The summed E-state index contributed by atoms with van der Waals surface area (Å²) >= 11 is 0. The quantitative estimate of drug-likeness (QED) is 0.299. The van der Waals surface area contributed by atoms with E-state index in [-0.39, 0.29) is 0 Å². The largest absolute Gasteiger partial charge is 0.455 e. The summed E-state index contributed by atoms with van der Waals surface area (Å²) < 4.78 is 8.70. The minimum absolute atomic E-state index is 0.926. The van der Waals surface area contributed by atoms with Crippen molar-refractivity contribution < 1.29 is 4.42 Å². The van der Waals surface area contributed by atoms with Gasteiger partial charge in [0, 0.05) is 39.6 Å². The van der Waals surface area contributed by atoms with E-state index in [4.69, 9.17) is 4.42 Å². The van der Waals surface area contributed by atoms with Gasteiger partial charge in [-0.25, -0.2) is 0 Å². The van der Waals surface area contributed by atoms with Gasteiger partial charge in [-0.2, -0.15) is 0 Å². The highest BCUT2D eigenvalue weighted by Crippen LogP contribution is 2.40. The van der Waals surface area contributed by atoms with Gasteiger partial charge in [0.1, 0.15) is 11.2 Å². The zero-order chi connectivity index (χ0) is 19.7. The van der Waals surface area contributed by atoms with Gasteiger partial charge in [0.15, 0.2) is 0 Å². The van der Waals surface area contributed by atoms with E-state index in [0.717, 1.165) is 43.9 Å². The predicted molar refractivity (Wildman–Crippen MR) is 123 cm³/mol. The maximum atomic E-state index is 6.37. The Balaban J connectivity index is 1.67. The number of furan rings is 1. The second-order valence-corrected chi connectivity index (χ2v) is 7.69. The minimum Gasteiger partial charge on any atom is -0.455 e. The van der Waals surface area contributed by atoms with Crippen molar-refractivity contribution in [2.45, 2.75) is 0 Å². The van der Waals surface area contributed by atoms with Gasteiger partial charge >= 0.3 is 0 Å². The van der Waals surface area contributed by atoms with E-state index in [1.807, 2.05) is 24.5 Å². The number of hydrogen-bond acceptors (Lipinski definition) is 2. The first-order valence-corrected chi connectivity index (χ1v) is 10.1. The Morgan fingerprint density at radius 3 is 2.50 bits per heavy atom. The molecule has 0 aliphatic rings. The minimum atomic E-state index is 0.926. The molecule has 0 N–H and O–H groups in total. The smallest absolute Gasteiger partial charge is 0.145 e. The molecular weight excluding hydrogens is 368 g/mol. The van der Waals surface area contributed by atoms with Crippen molar-refractivity contribution in [1.82, 2.24) is 9.55 Å². The van der Waals surface area contributed by atoms with Crippen LogP contribution in [0.3, 0.4) is 0 Å². The molecule has 7 rings (SSSR count). The lowest BCUT2D eigenvalue weighted by molar-refractivity contribution is 0.673. The van der Waals surface area contributed by atoms with Crippen LogP contribution in [0, 0.1) is 0 Å². The molecular formula is C27H16N2O. The second kappa shape index (κ2) is 5.71. The van der Waals surface area contributed by atoms with Crippen LogP contribution in [0.2, 0.25) is 0 Å². The average Bonchev–Trinajstić information content (AvgIpc) is 3.34. The summed E-state index contributed by atoms with van der Waals surface area (Å²) in [7, 11) is 0. The number of pyridine rings is 1. The Bertz CT molecular complexity index is 1750. The molecule has 3 nitrogen and oxygen atoms in total. The van der Waals surface area contributed by atoms with Gasteiger partial charge in [0.25, 0.3) is 0 Å². The van der Waals surface area contributed by atoms with Crippen molar-refractivity contribution in [2.24, 2.45) is 0 Å². The van der Waals surface area contributed by atoms with E-state index in [9.17, 15) is 0 Å². The molecule has 140 valence electrons. The molecule has 0 aliphatic carbocycles. The lowest BCUT2D eigenvalue weighted by atomic mass is 10.1. The Kier molecular flexibility index (Phi) is 3.00. The van der Waals surface area contributed by atoms with Crippen LogP contribution in [-0.2, 0) is 0 Å². The maximum Gasteiger partial charge on any atom is 0.145 e. The van der Waals surface area contributed by atoms with Crippen molar-refractivity contribution in [3.05, 3.63) is 97.3 Å². The summed E-state index contributed by atoms with van der Waals surface area (Å²) in [5, 5.41) is 7.00. The highest BCUT2D eigenvalue weighted by Gasteiger charge is 2.18. The first-order chi connectivity index (χ1) is 14.9. The maximum absolute atomic E-state index is 6.37. The van der Waals surface area contributed by atoms with Crippen molar-refractivity contribution in [2.75, 3.05) is 0 Å². The topological polar surface area (TPSA) is 31.0 Å². The van der Waals surface area contributed by atoms with Crippen LogP contribution in [0.15, 0.2) is 102 Å². The summed E-state index contributed by atoms with van der Waals surface area (Å²) in [4.78, 5) is 4.24. The van der Waals surface area contributed by atoms with Gasteiger partial charge in [-0.05, 0) is 47.9 Å². The molecule has 0 aliphatic heterocycles. The Morgan fingerprint density at radius 2 is 1.53 bits per heavy atom. The summed E-state index contributed by atoms with van der Waals surface area (Å²) in [6.07, 6.45) is 3.75. The SMILES string of the molecule is c1ccc2c(c1)oc1c2ccc2c1c1ccccc1n2-c1ccc2cnccc2c1. The van der Waals surface area contributed by atoms with Crippen molar-refractivity contribution in [3.63, 3.8) is 0 Å². The normalized spacial score (nSPS) is 12.0. The second-order valence-electron chi connectivity index (χ2n) is 7.69. The van der Waals surface area contributed by atoms with Crippen LogP contribution in [0.5, 0.6) is 0 Å². The number of hydrogen-bond donors (Lipinski definition) is 0. The van der Waals surface area contributed by atoms with E-state index >= 15 is 0 Å². The fraction of sp³-hybridized carbons (Fsp3) is 0. The monoisotopic (exact) mass is 384 g/mol. The lowest BCUT2D eigenvalue weighted by Gasteiger charge is -2.09. The number of para-hydroxylation sites is 2. The van der Waals surface area contributed by atoms with Gasteiger partial charge < -0.3 is 8.98 Å². The lowest BCUT2D eigenvalue weighted by Crippen LogP contribution is -1.93. The summed E-state index contributed by atoms with van der Waals surface area (Å²) in [6.45, 7) is 0. The number of nitrogens with zero attached hydrogens (tertiary/aromatic N) is 2. The van der Waals surface area contributed by atoms with Crippen LogP contribution in [0.4, 0.5) is 0 Å². The standard InChI is InChI=1S/C27H16N2O/c1-3-7-23-22(6-1)26-24(12-11-21-20-5-2-4-8-25(20)30-27(21)26)29(23)19-10-9-18-16-28-14-13-17(18)15-19/h1-16H. The van der Waals surface area contributed by atoms with Gasteiger partial charge in [-0.15, -0.1) is 0 Å². The van der Waals surface area contributed by atoms with Gasteiger partial charge in [-0.1, -0.05) is 42.5 Å². The van der Waals surface area contributed by atoms with Crippen LogP contribution in [0.1, 0.15) is 0 Å². The van der Waals surface area contributed by atoms with Gasteiger partial charge in [0.2, 0.25) is 0 Å². The fourth-order valence-electron chi connectivity index (χ4n) is 4.72. The molecule has 0 atom stereocenters. The Hall–Kier alpha value is -4.11. The summed E-state index contributed by atoms with van der Waals surface area (Å²) in [5.41, 5.74) is 5.34. The van der Waals surface area contributed by atoms with Gasteiger partial charge in [0.05, 0.1) is 16.4 Å². The van der Waals surface area contributed by atoms with Crippen LogP contribution in [0.25, 0.3) is 60.2 Å². The first kappa shape index (κ1) is 15.8. The van der Waals surface area contributed by atoms with Crippen LogP contribution >= 0.6 is 0 Å². The molecule has 0 spiro atoms. The Labute approximate surface area is 171 Å². The third kappa shape index (κ3) is 2.01. The molecule has 3 aromatic heterocycles. The van der Waals surface area contributed by atoms with Gasteiger partial charge in [-0.3, -0.25) is 4.98 Å². The summed E-state index contributed by atoms with van der Waals surface area (Å²) in [5.74, 6) is 0. The molecule has 7 aromatic rings. The Morgan fingerprint density at radius 1 is 0.667 bits per heavy atom. The molecule has 0 radical (unpaired) electrons. The van der Waals surface area contributed by atoms with Crippen molar-refractivity contribution in [1.29, 1.82) is 0 Å². The predicted octanol–water partition coefficient (Wildman–Crippen LogP) is 7.23. The molecule has 4 aromatic carbocycles.